The first kappa shape index (κ1) is 9.02. The Bertz CT molecular complexity index is 268. The number of H-pyrrole nitrogens is 1. The molecule has 0 saturated carbocycles. The molecule has 1 heterocycles. The Morgan fingerprint density at radius 2 is 2.08 bits per heavy atom. The number of halogens is 4. The lowest BCUT2D eigenvalue weighted by molar-refractivity contribution is -0.138. The van der Waals surface area contributed by atoms with E-state index in [4.69, 9.17) is 0 Å². The number of rotatable bonds is 2. The molecule has 0 saturated heterocycles. The van der Waals surface area contributed by atoms with E-state index in [0.29, 0.717) is 0 Å². The summed E-state index contributed by atoms with van der Waals surface area (Å²) in [6.07, 6.45) is -2.64. The molecule has 0 aliphatic carbocycles. The molecule has 2 nitrogen and oxygen atoms in total. The van der Waals surface area contributed by atoms with Crippen molar-refractivity contribution in [3.05, 3.63) is 17.5 Å². The Hall–Kier alpha value is -1.07. The minimum absolute atomic E-state index is 0.0281. The summed E-state index contributed by atoms with van der Waals surface area (Å²) in [5.41, 5.74) is -0.794. The average Bonchev–Trinajstić information content (AvgIpc) is 2.35. The van der Waals surface area contributed by atoms with Gasteiger partial charge < -0.3 is 0 Å². The largest absolute Gasteiger partial charge is 0.348 e. The van der Waals surface area contributed by atoms with Crippen LogP contribution in [0.1, 0.15) is 11.3 Å². The van der Waals surface area contributed by atoms with Crippen LogP contribution in [0.2, 0.25) is 0 Å². The third-order valence-corrected chi connectivity index (χ3v) is 1.44. The number of aromatic amines is 1. The highest BCUT2D eigenvalue weighted by Crippen LogP contribution is 2.34. The number of alkyl halides is 4. The average molecular weight is 182 g/mol. The van der Waals surface area contributed by atoms with Crippen LogP contribution in [0.15, 0.2) is 6.20 Å². The first-order valence-electron chi connectivity index (χ1n) is 3.12. The second-order valence-electron chi connectivity index (χ2n) is 2.35. The van der Waals surface area contributed by atoms with Gasteiger partial charge in [-0.25, -0.2) is 8.78 Å². The summed E-state index contributed by atoms with van der Waals surface area (Å²) in [5.74, 6) is -4.14. The lowest BCUT2D eigenvalue weighted by Gasteiger charge is -2.13. The van der Waals surface area contributed by atoms with Gasteiger partial charge in [-0.05, 0) is 12.5 Å². The van der Waals surface area contributed by atoms with Crippen molar-refractivity contribution in [2.24, 2.45) is 0 Å². The molecule has 68 valence electrons. The first-order valence-corrected chi connectivity index (χ1v) is 3.12. The molecule has 1 aromatic rings. The Kier molecular flexibility index (Phi) is 2.08. The van der Waals surface area contributed by atoms with E-state index in [1.54, 1.807) is 0 Å². The highest BCUT2D eigenvalue weighted by molar-refractivity contribution is 5.19. The van der Waals surface area contributed by atoms with Gasteiger partial charge in [0, 0.05) is 0 Å². The van der Waals surface area contributed by atoms with E-state index in [0.717, 1.165) is 6.20 Å². The molecular formula is C6H6F4N2. The van der Waals surface area contributed by atoms with Crippen molar-refractivity contribution < 1.29 is 17.6 Å². The fraction of sp³-hybridized carbons (Fsp3) is 0.500. The van der Waals surface area contributed by atoms with E-state index in [1.165, 1.54) is 6.92 Å². The van der Waals surface area contributed by atoms with Crippen LogP contribution in [0.25, 0.3) is 0 Å². The fourth-order valence-electron chi connectivity index (χ4n) is 0.793. The van der Waals surface area contributed by atoms with Gasteiger partial charge in [0.15, 0.2) is 0 Å². The molecule has 0 spiro atoms. The quantitative estimate of drug-likeness (QED) is 0.697. The molecule has 0 unspecified atom stereocenters. The summed E-state index contributed by atoms with van der Waals surface area (Å²) in [6.45, 7) is 1.29. The Morgan fingerprint density at radius 1 is 1.50 bits per heavy atom. The van der Waals surface area contributed by atoms with Gasteiger partial charge in [0.1, 0.15) is 5.69 Å². The summed E-state index contributed by atoms with van der Waals surface area (Å²) >= 11 is 0. The Balaban J connectivity index is 3.05. The topological polar surface area (TPSA) is 28.7 Å². The number of hydrogen-bond acceptors (Lipinski definition) is 1. The molecule has 0 aliphatic heterocycles. The zero-order valence-electron chi connectivity index (χ0n) is 6.11. The maximum atomic E-state index is 12.6. The smallest absolute Gasteiger partial charge is 0.276 e. The van der Waals surface area contributed by atoms with Crippen LogP contribution in [0, 0.1) is 6.92 Å². The number of nitrogens with zero attached hydrogens (tertiary/aromatic N) is 1. The SMILES string of the molecule is Cc1cn[nH]c1C(F)(F)C(F)F. The molecule has 0 aromatic carbocycles. The molecule has 1 N–H and O–H groups in total. The van der Waals surface area contributed by atoms with Crippen molar-refractivity contribution in [1.29, 1.82) is 0 Å². The van der Waals surface area contributed by atoms with Crippen molar-refractivity contribution in [3.8, 4) is 0 Å². The van der Waals surface area contributed by atoms with Gasteiger partial charge in [0.2, 0.25) is 0 Å². The van der Waals surface area contributed by atoms with Crippen molar-refractivity contribution in [2.75, 3.05) is 0 Å². The standard InChI is InChI=1S/C6H6F4N2/c1-3-2-11-12-4(3)6(9,10)5(7)8/h2,5H,1H3,(H,11,12). The summed E-state index contributed by atoms with van der Waals surface area (Å²) in [5, 5.41) is 5.08. The summed E-state index contributed by atoms with van der Waals surface area (Å²) < 4.78 is 48.6. The van der Waals surface area contributed by atoms with Crippen molar-refractivity contribution in [1.82, 2.24) is 10.2 Å². The van der Waals surface area contributed by atoms with Crippen LogP contribution in [-0.2, 0) is 5.92 Å². The molecule has 1 rings (SSSR count). The van der Waals surface area contributed by atoms with E-state index in [2.05, 4.69) is 5.10 Å². The van der Waals surface area contributed by atoms with Gasteiger partial charge in [-0.3, -0.25) is 5.10 Å². The summed E-state index contributed by atoms with van der Waals surface area (Å²) in [7, 11) is 0. The predicted molar refractivity (Wildman–Crippen MR) is 33.2 cm³/mol. The Labute approximate surface area is 65.6 Å². The summed E-state index contributed by atoms with van der Waals surface area (Å²) in [4.78, 5) is 0. The minimum Gasteiger partial charge on any atom is -0.276 e. The Morgan fingerprint density at radius 3 is 2.42 bits per heavy atom. The van der Waals surface area contributed by atoms with Crippen LogP contribution in [-0.4, -0.2) is 16.6 Å². The number of aryl methyl sites for hydroxylation is 1. The lowest BCUT2D eigenvalue weighted by atomic mass is 10.2. The molecule has 1 aromatic heterocycles. The molecule has 6 heteroatoms. The summed E-state index contributed by atoms with van der Waals surface area (Å²) in [6, 6.07) is 0. The molecule has 0 aliphatic rings. The first-order chi connectivity index (χ1) is 5.46. The van der Waals surface area contributed by atoms with E-state index in [-0.39, 0.29) is 5.56 Å². The van der Waals surface area contributed by atoms with E-state index in [1.807, 2.05) is 5.10 Å². The molecule has 0 radical (unpaired) electrons. The van der Waals surface area contributed by atoms with E-state index in [9.17, 15) is 17.6 Å². The van der Waals surface area contributed by atoms with Crippen molar-refractivity contribution in [3.63, 3.8) is 0 Å². The molecule has 12 heavy (non-hydrogen) atoms. The van der Waals surface area contributed by atoms with Crippen molar-refractivity contribution >= 4 is 0 Å². The van der Waals surface area contributed by atoms with Crippen LogP contribution in [0.4, 0.5) is 17.6 Å². The van der Waals surface area contributed by atoms with Gasteiger partial charge >= 0.3 is 12.3 Å². The van der Waals surface area contributed by atoms with Crippen LogP contribution < -0.4 is 0 Å². The van der Waals surface area contributed by atoms with Gasteiger partial charge in [-0.1, -0.05) is 0 Å². The normalized spacial score (nSPS) is 12.5. The number of hydrogen-bond donors (Lipinski definition) is 1. The zero-order valence-corrected chi connectivity index (χ0v) is 6.11. The monoisotopic (exact) mass is 182 g/mol. The molecule has 0 amide bonds. The van der Waals surface area contributed by atoms with Gasteiger partial charge in [-0.15, -0.1) is 0 Å². The molecular weight excluding hydrogens is 176 g/mol. The fourth-order valence-corrected chi connectivity index (χ4v) is 0.793. The lowest BCUT2D eigenvalue weighted by Crippen LogP contribution is -2.24. The molecule has 0 atom stereocenters. The third-order valence-electron chi connectivity index (χ3n) is 1.44. The second kappa shape index (κ2) is 2.76. The van der Waals surface area contributed by atoms with Crippen LogP contribution in [0.5, 0.6) is 0 Å². The molecule has 0 fully saturated rings. The van der Waals surface area contributed by atoms with Crippen molar-refractivity contribution in [2.45, 2.75) is 19.3 Å². The molecule has 0 bridgehead atoms. The maximum Gasteiger partial charge on any atom is 0.348 e. The predicted octanol–water partition coefficient (Wildman–Crippen LogP) is 2.08. The third kappa shape index (κ3) is 1.28. The zero-order chi connectivity index (χ0) is 9.35. The van der Waals surface area contributed by atoms with Gasteiger partial charge in [0.25, 0.3) is 0 Å². The van der Waals surface area contributed by atoms with Gasteiger partial charge in [0.05, 0.1) is 6.20 Å². The maximum absolute atomic E-state index is 12.6. The minimum atomic E-state index is -4.14. The number of aromatic nitrogens is 2. The highest BCUT2D eigenvalue weighted by Gasteiger charge is 2.45. The van der Waals surface area contributed by atoms with E-state index < -0.39 is 18.0 Å². The second-order valence-corrected chi connectivity index (χ2v) is 2.35. The van der Waals surface area contributed by atoms with E-state index >= 15 is 0 Å². The van der Waals surface area contributed by atoms with Gasteiger partial charge in [-0.2, -0.15) is 13.9 Å². The van der Waals surface area contributed by atoms with Crippen LogP contribution in [0.3, 0.4) is 0 Å². The van der Waals surface area contributed by atoms with Crippen LogP contribution >= 0.6 is 0 Å². The number of nitrogens with one attached hydrogen (secondary N) is 1. The highest BCUT2D eigenvalue weighted by atomic mass is 19.3.